The number of hydrogen-bond donors (Lipinski definition) is 0. The normalized spacial score (nSPS) is 41.5. The number of ether oxygens (including phenoxy) is 2. The van der Waals surface area contributed by atoms with Crippen molar-refractivity contribution in [1.82, 2.24) is 0 Å². The van der Waals surface area contributed by atoms with E-state index >= 15 is 0 Å². The maximum absolute atomic E-state index is 12.4. The molecule has 2 heterocycles. The monoisotopic (exact) mass is 324 g/mol. The minimum atomic E-state index is -1.05. The van der Waals surface area contributed by atoms with Crippen LogP contribution >= 0.6 is 0 Å². The van der Waals surface area contributed by atoms with E-state index in [1.54, 1.807) is 0 Å². The zero-order valence-electron chi connectivity index (χ0n) is 15.7. The molecule has 4 fully saturated rings. The molecule has 0 aromatic heterocycles. The minimum absolute atomic E-state index is 0.0280. The molecule has 0 amide bonds. The summed E-state index contributed by atoms with van der Waals surface area (Å²) in [7, 11) is 0. The van der Waals surface area contributed by atoms with Gasteiger partial charge in [0.1, 0.15) is 0 Å². The number of esters is 2. The van der Waals surface area contributed by atoms with Crippen LogP contribution in [-0.4, -0.2) is 17.7 Å². The topological polar surface area (TPSA) is 52.6 Å². The Morgan fingerprint density at radius 3 is 2.00 bits per heavy atom. The average molecular weight is 324 g/mol. The van der Waals surface area contributed by atoms with Gasteiger partial charge in [-0.05, 0) is 50.9 Å². The van der Waals surface area contributed by atoms with Gasteiger partial charge in [0.15, 0.2) is 0 Å². The minimum Gasteiger partial charge on any atom is -0.422 e. The highest BCUT2D eigenvalue weighted by atomic mass is 16.7. The highest BCUT2D eigenvalue weighted by molar-refractivity contribution is 5.77. The molecule has 2 unspecified atom stereocenters. The van der Waals surface area contributed by atoms with Crippen LogP contribution < -0.4 is 0 Å². The van der Waals surface area contributed by atoms with Crippen molar-refractivity contribution >= 4 is 11.9 Å². The number of carbonyl (C=O) groups excluding carboxylic acids is 2. The van der Waals surface area contributed by atoms with Crippen LogP contribution in [0.4, 0.5) is 0 Å². The van der Waals surface area contributed by atoms with Crippen LogP contribution in [0.2, 0.25) is 0 Å². The standard InChI is InChI=1S/C17H26O4.C2H6/c1-14(2,3)13(19)21-17-9-15(4)6-11(12(18)20-17)7-16(5,8-15)10-17;1-2/h11H,6-10H2,1-5H3;1-2H3. The molecule has 2 aliphatic heterocycles. The van der Waals surface area contributed by atoms with Crippen LogP contribution in [0.1, 0.15) is 80.6 Å². The number of rotatable bonds is 1. The van der Waals surface area contributed by atoms with Gasteiger partial charge in [-0.1, -0.05) is 27.7 Å². The van der Waals surface area contributed by atoms with Crippen molar-refractivity contribution in [1.29, 1.82) is 0 Å². The Bertz CT molecular complexity index is 484. The van der Waals surface area contributed by atoms with Crippen molar-refractivity contribution in [2.75, 3.05) is 0 Å². The lowest BCUT2D eigenvalue weighted by molar-refractivity contribution is -0.259. The van der Waals surface area contributed by atoms with Crippen LogP contribution in [0.5, 0.6) is 0 Å². The summed E-state index contributed by atoms with van der Waals surface area (Å²) in [6, 6.07) is 0. The molecule has 0 spiro atoms. The number of hydrogen-bond acceptors (Lipinski definition) is 4. The Hall–Kier alpha value is -1.06. The Labute approximate surface area is 140 Å². The SMILES string of the molecule is CC.CC12CC3CC(C)(C1)CC(OC(=O)C(C)(C)C)(C2)OC3=O. The molecule has 2 atom stereocenters. The van der Waals surface area contributed by atoms with Crippen molar-refractivity contribution in [2.45, 2.75) is 86.4 Å². The van der Waals surface area contributed by atoms with Crippen LogP contribution in [0.15, 0.2) is 0 Å². The molecule has 2 aliphatic carbocycles. The summed E-state index contributed by atoms with van der Waals surface area (Å²) in [5, 5.41) is 0. The van der Waals surface area contributed by atoms with Gasteiger partial charge in [0.2, 0.25) is 0 Å². The van der Waals surface area contributed by atoms with E-state index in [4.69, 9.17) is 9.47 Å². The summed E-state index contributed by atoms with van der Waals surface area (Å²) >= 11 is 0. The van der Waals surface area contributed by atoms with Gasteiger partial charge >= 0.3 is 11.9 Å². The molecule has 132 valence electrons. The van der Waals surface area contributed by atoms with Gasteiger partial charge in [0, 0.05) is 12.8 Å². The molecule has 2 saturated heterocycles. The third kappa shape index (κ3) is 3.41. The molecular formula is C19H32O4. The first-order valence-electron chi connectivity index (χ1n) is 8.91. The zero-order chi connectivity index (χ0) is 17.7. The van der Waals surface area contributed by atoms with E-state index in [9.17, 15) is 9.59 Å². The van der Waals surface area contributed by atoms with E-state index in [1.807, 2.05) is 34.6 Å². The highest BCUT2D eigenvalue weighted by Crippen LogP contribution is 2.63. The van der Waals surface area contributed by atoms with Crippen LogP contribution in [-0.2, 0) is 19.1 Å². The first kappa shape index (κ1) is 18.3. The van der Waals surface area contributed by atoms with E-state index in [0.29, 0.717) is 12.8 Å². The summed E-state index contributed by atoms with van der Waals surface area (Å²) < 4.78 is 11.5. The molecule has 0 radical (unpaired) electrons. The number of carbonyl (C=O) groups is 2. The van der Waals surface area contributed by atoms with Crippen molar-refractivity contribution in [3.8, 4) is 0 Å². The number of fused-ring (bicyclic) bond motifs is 1. The average Bonchev–Trinajstić information content (AvgIpc) is 2.47. The van der Waals surface area contributed by atoms with E-state index in [1.165, 1.54) is 0 Å². The molecular weight excluding hydrogens is 292 g/mol. The summed E-state index contributed by atoms with van der Waals surface area (Å²) in [6.45, 7) is 13.9. The molecule has 4 rings (SSSR count). The third-order valence-electron chi connectivity index (χ3n) is 5.24. The third-order valence-corrected chi connectivity index (χ3v) is 5.24. The van der Waals surface area contributed by atoms with Crippen molar-refractivity contribution in [2.24, 2.45) is 22.2 Å². The fourth-order valence-electron chi connectivity index (χ4n) is 4.99. The van der Waals surface area contributed by atoms with Gasteiger partial charge < -0.3 is 9.47 Å². The second-order valence-electron chi connectivity index (χ2n) is 9.23. The first-order chi connectivity index (χ1) is 10.4. The largest absolute Gasteiger partial charge is 0.422 e. The summed E-state index contributed by atoms with van der Waals surface area (Å²) in [5.74, 6) is -1.55. The van der Waals surface area contributed by atoms with Crippen LogP contribution in [0, 0.1) is 22.2 Å². The molecule has 0 aromatic carbocycles. The van der Waals surface area contributed by atoms with Crippen molar-refractivity contribution < 1.29 is 19.1 Å². The molecule has 2 saturated carbocycles. The fourth-order valence-corrected chi connectivity index (χ4v) is 4.99. The molecule has 0 N–H and O–H groups in total. The second-order valence-corrected chi connectivity index (χ2v) is 9.23. The first-order valence-corrected chi connectivity index (χ1v) is 8.91. The van der Waals surface area contributed by atoms with Crippen LogP contribution in [0.3, 0.4) is 0 Å². The molecule has 23 heavy (non-hydrogen) atoms. The van der Waals surface area contributed by atoms with Crippen molar-refractivity contribution in [3.63, 3.8) is 0 Å². The lowest BCUT2D eigenvalue weighted by Crippen LogP contribution is -2.52. The van der Waals surface area contributed by atoms with Gasteiger partial charge in [0.25, 0.3) is 5.79 Å². The maximum atomic E-state index is 12.4. The predicted octanol–water partition coefficient (Wildman–Crippen LogP) is 4.46. The summed E-state index contributed by atoms with van der Waals surface area (Å²) in [5.41, 5.74) is -0.536. The zero-order valence-corrected chi connectivity index (χ0v) is 15.7. The Morgan fingerprint density at radius 1 is 1.09 bits per heavy atom. The van der Waals surface area contributed by atoms with Gasteiger partial charge in [-0.25, -0.2) is 0 Å². The predicted molar refractivity (Wildman–Crippen MR) is 88.5 cm³/mol. The van der Waals surface area contributed by atoms with Gasteiger partial charge in [-0.2, -0.15) is 0 Å². The Morgan fingerprint density at radius 2 is 1.57 bits per heavy atom. The smallest absolute Gasteiger partial charge is 0.314 e. The lowest BCUT2D eigenvalue weighted by atomic mass is 9.53. The summed E-state index contributed by atoms with van der Waals surface area (Å²) in [4.78, 5) is 24.7. The Balaban J connectivity index is 0.000000924. The Kier molecular flexibility index (Phi) is 4.36. The van der Waals surface area contributed by atoms with E-state index < -0.39 is 11.2 Å². The van der Waals surface area contributed by atoms with E-state index in [0.717, 1.165) is 19.3 Å². The van der Waals surface area contributed by atoms with Crippen LogP contribution in [0.25, 0.3) is 0 Å². The lowest BCUT2D eigenvalue weighted by Gasteiger charge is -2.53. The molecule has 4 bridgehead atoms. The van der Waals surface area contributed by atoms with Gasteiger partial charge in [-0.15, -0.1) is 0 Å². The van der Waals surface area contributed by atoms with E-state index in [2.05, 4.69) is 13.8 Å². The molecule has 4 aliphatic rings. The van der Waals surface area contributed by atoms with Crippen molar-refractivity contribution in [3.05, 3.63) is 0 Å². The highest BCUT2D eigenvalue weighted by Gasteiger charge is 2.63. The van der Waals surface area contributed by atoms with E-state index in [-0.39, 0.29) is 28.7 Å². The molecule has 4 nitrogen and oxygen atoms in total. The fraction of sp³-hybridized carbons (Fsp3) is 0.895. The quantitative estimate of drug-likeness (QED) is 0.668. The van der Waals surface area contributed by atoms with Gasteiger partial charge in [-0.3, -0.25) is 9.59 Å². The van der Waals surface area contributed by atoms with Gasteiger partial charge in [0.05, 0.1) is 11.3 Å². The molecule has 4 heteroatoms. The second kappa shape index (κ2) is 5.49. The maximum Gasteiger partial charge on any atom is 0.314 e. The molecule has 0 aromatic rings. The summed E-state index contributed by atoms with van der Waals surface area (Å²) in [6.07, 6.45) is 4.08.